The summed E-state index contributed by atoms with van der Waals surface area (Å²) in [7, 11) is 2.13. The van der Waals surface area contributed by atoms with E-state index in [1.807, 2.05) is 6.92 Å². The molecule has 2 atom stereocenters. The molecule has 0 amide bonds. The maximum atomic E-state index is 9.30. The minimum absolute atomic E-state index is 0.206. The summed E-state index contributed by atoms with van der Waals surface area (Å²) in [5.74, 6) is 0. The number of ether oxygens (including phenoxy) is 1. The van der Waals surface area contributed by atoms with Crippen molar-refractivity contribution in [1.82, 2.24) is 10.2 Å². The van der Waals surface area contributed by atoms with Crippen LogP contribution in [0.3, 0.4) is 0 Å². The Morgan fingerprint density at radius 2 is 2.29 bits per heavy atom. The van der Waals surface area contributed by atoms with E-state index < -0.39 is 0 Å². The lowest BCUT2D eigenvalue weighted by molar-refractivity contribution is 0.108. The molecule has 17 heavy (non-hydrogen) atoms. The molecule has 1 fully saturated rings. The Labute approximate surface area is 105 Å². The van der Waals surface area contributed by atoms with E-state index in [4.69, 9.17) is 4.74 Å². The summed E-state index contributed by atoms with van der Waals surface area (Å²) < 4.78 is 5.57. The zero-order valence-corrected chi connectivity index (χ0v) is 11.5. The summed E-state index contributed by atoms with van der Waals surface area (Å²) in [6, 6.07) is 0. The Bertz CT molecular complexity index is 204. The van der Waals surface area contributed by atoms with E-state index in [-0.39, 0.29) is 11.5 Å². The molecule has 0 saturated carbocycles. The highest BCUT2D eigenvalue weighted by Crippen LogP contribution is 2.28. The molecule has 0 aromatic carbocycles. The topological polar surface area (TPSA) is 44.7 Å². The molecule has 1 aliphatic heterocycles. The van der Waals surface area contributed by atoms with Crippen molar-refractivity contribution in [2.45, 2.75) is 32.8 Å². The lowest BCUT2D eigenvalue weighted by Crippen LogP contribution is -2.44. The predicted octanol–water partition coefficient (Wildman–Crippen LogP) is 0.705. The van der Waals surface area contributed by atoms with Crippen LogP contribution >= 0.6 is 0 Å². The second-order valence-corrected chi connectivity index (χ2v) is 5.46. The lowest BCUT2D eigenvalue weighted by Gasteiger charge is -2.32. The van der Waals surface area contributed by atoms with Gasteiger partial charge >= 0.3 is 0 Å². The standard InChI is InChI=1S/C13H28N2O2/c1-4-14-9-13(6-8-17-11-13)10-15(3)7-5-12(2)16/h12,14,16H,4-11H2,1-3H3. The molecular formula is C13H28N2O2. The Balaban J connectivity index is 2.37. The molecule has 2 N–H and O–H groups in total. The maximum absolute atomic E-state index is 9.30. The van der Waals surface area contributed by atoms with Gasteiger partial charge in [-0.3, -0.25) is 0 Å². The van der Waals surface area contributed by atoms with Crippen LogP contribution in [0.5, 0.6) is 0 Å². The molecule has 0 spiro atoms. The molecule has 0 bridgehead atoms. The molecule has 4 heteroatoms. The van der Waals surface area contributed by atoms with Crippen molar-refractivity contribution in [1.29, 1.82) is 0 Å². The van der Waals surface area contributed by atoms with Crippen molar-refractivity contribution in [2.75, 3.05) is 46.4 Å². The highest BCUT2D eigenvalue weighted by atomic mass is 16.5. The third kappa shape index (κ3) is 5.34. The van der Waals surface area contributed by atoms with Crippen LogP contribution in [0.2, 0.25) is 0 Å². The van der Waals surface area contributed by atoms with Gasteiger partial charge in [0.25, 0.3) is 0 Å². The van der Waals surface area contributed by atoms with Crippen molar-refractivity contribution in [2.24, 2.45) is 5.41 Å². The third-order valence-electron chi connectivity index (χ3n) is 3.47. The lowest BCUT2D eigenvalue weighted by atomic mass is 9.86. The maximum Gasteiger partial charge on any atom is 0.0547 e. The molecule has 1 rings (SSSR count). The van der Waals surface area contributed by atoms with Crippen LogP contribution in [-0.2, 0) is 4.74 Å². The summed E-state index contributed by atoms with van der Waals surface area (Å²) in [5, 5.41) is 12.7. The highest BCUT2D eigenvalue weighted by Gasteiger charge is 2.35. The van der Waals surface area contributed by atoms with Crippen LogP contribution in [0.1, 0.15) is 26.7 Å². The minimum atomic E-state index is -0.206. The van der Waals surface area contributed by atoms with Crippen molar-refractivity contribution < 1.29 is 9.84 Å². The molecular weight excluding hydrogens is 216 g/mol. The average Bonchev–Trinajstić information content (AvgIpc) is 2.73. The summed E-state index contributed by atoms with van der Waals surface area (Å²) in [5.41, 5.74) is 0.267. The normalized spacial score (nSPS) is 26.6. The van der Waals surface area contributed by atoms with Gasteiger partial charge in [-0.2, -0.15) is 0 Å². The van der Waals surface area contributed by atoms with E-state index in [2.05, 4.69) is 24.2 Å². The fourth-order valence-electron chi connectivity index (χ4n) is 2.42. The molecule has 102 valence electrons. The molecule has 0 radical (unpaired) electrons. The van der Waals surface area contributed by atoms with Gasteiger partial charge in [0.15, 0.2) is 0 Å². The first kappa shape index (κ1) is 14.9. The molecule has 2 unspecified atom stereocenters. The van der Waals surface area contributed by atoms with E-state index in [0.717, 1.165) is 52.2 Å². The second kappa shape index (κ2) is 7.31. The molecule has 1 saturated heterocycles. The molecule has 0 aromatic heterocycles. The van der Waals surface area contributed by atoms with Crippen molar-refractivity contribution in [3.63, 3.8) is 0 Å². The van der Waals surface area contributed by atoms with Gasteiger partial charge in [0, 0.05) is 31.7 Å². The first-order chi connectivity index (χ1) is 8.08. The monoisotopic (exact) mass is 244 g/mol. The number of nitrogens with zero attached hydrogens (tertiary/aromatic N) is 1. The van der Waals surface area contributed by atoms with Crippen molar-refractivity contribution in [3.8, 4) is 0 Å². The van der Waals surface area contributed by atoms with E-state index in [1.54, 1.807) is 0 Å². The fraction of sp³-hybridized carbons (Fsp3) is 1.00. The predicted molar refractivity (Wildman–Crippen MR) is 70.2 cm³/mol. The fourth-order valence-corrected chi connectivity index (χ4v) is 2.42. The van der Waals surface area contributed by atoms with Gasteiger partial charge in [-0.05, 0) is 33.4 Å². The molecule has 0 aliphatic carbocycles. The molecule has 1 aliphatic rings. The third-order valence-corrected chi connectivity index (χ3v) is 3.47. The number of aliphatic hydroxyl groups is 1. The van der Waals surface area contributed by atoms with Gasteiger partial charge in [0.05, 0.1) is 12.7 Å². The van der Waals surface area contributed by atoms with Crippen LogP contribution in [0.25, 0.3) is 0 Å². The largest absolute Gasteiger partial charge is 0.393 e. The van der Waals surface area contributed by atoms with Crippen LogP contribution in [-0.4, -0.2) is 62.6 Å². The summed E-state index contributed by atoms with van der Waals surface area (Å²) in [6.45, 7) is 9.77. The SMILES string of the molecule is CCNCC1(CN(C)CCC(C)O)CCOC1. The van der Waals surface area contributed by atoms with Gasteiger partial charge in [-0.1, -0.05) is 6.92 Å². The Morgan fingerprint density at radius 3 is 2.82 bits per heavy atom. The summed E-state index contributed by atoms with van der Waals surface area (Å²) in [6.07, 6.45) is 1.77. The van der Waals surface area contributed by atoms with Crippen LogP contribution in [0.15, 0.2) is 0 Å². The van der Waals surface area contributed by atoms with Crippen LogP contribution < -0.4 is 5.32 Å². The quantitative estimate of drug-likeness (QED) is 0.660. The van der Waals surface area contributed by atoms with Gasteiger partial charge < -0.3 is 20.1 Å². The smallest absolute Gasteiger partial charge is 0.0547 e. The van der Waals surface area contributed by atoms with Crippen molar-refractivity contribution in [3.05, 3.63) is 0 Å². The first-order valence-electron chi connectivity index (χ1n) is 6.73. The van der Waals surface area contributed by atoms with Crippen LogP contribution in [0, 0.1) is 5.41 Å². The van der Waals surface area contributed by atoms with Gasteiger partial charge in [-0.25, -0.2) is 0 Å². The number of aliphatic hydroxyl groups excluding tert-OH is 1. The number of hydrogen-bond acceptors (Lipinski definition) is 4. The van der Waals surface area contributed by atoms with Crippen molar-refractivity contribution >= 4 is 0 Å². The molecule has 0 aromatic rings. The summed E-state index contributed by atoms with van der Waals surface area (Å²) in [4.78, 5) is 2.32. The average molecular weight is 244 g/mol. The summed E-state index contributed by atoms with van der Waals surface area (Å²) >= 11 is 0. The molecule has 1 heterocycles. The number of nitrogens with one attached hydrogen (secondary N) is 1. The Kier molecular flexibility index (Phi) is 6.41. The van der Waals surface area contributed by atoms with Gasteiger partial charge in [0.2, 0.25) is 0 Å². The van der Waals surface area contributed by atoms with Crippen LogP contribution in [0.4, 0.5) is 0 Å². The van der Waals surface area contributed by atoms with Gasteiger partial charge in [-0.15, -0.1) is 0 Å². The molecule has 4 nitrogen and oxygen atoms in total. The number of rotatable bonds is 8. The highest BCUT2D eigenvalue weighted by molar-refractivity contribution is 4.87. The number of hydrogen-bond donors (Lipinski definition) is 2. The Morgan fingerprint density at radius 1 is 1.53 bits per heavy atom. The van der Waals surface area contributed by atoms with Gasteiger partial charge in [0.1, 0.15) is 0 Å². The zero-order chi connectivity index (χ0) is 12.7. The van der Waals surface area contributed by atoms with E-state index in [9.17, 15) is 5.11 Å². The Hall–Kier alpha value is -0.160. The van der Waals surface area contributed by atoms with E-state index >= 15 is 0 Å². The van der Waals surface area contributed by atoms with E-state index in [1.165, 1.54) is 0 Å². The van der Waals surface area contributed by atoms with E-state index in [0.29, 0.717) is 0 Å². The minimum Gasteiger partial charge on any atom is -0.393 e. The second-order valence-electron chi connectivity index (χ2n) is 5.46. The first-order valence-corrected chi connectivity index (χ1v) is 6.73. The zero-order valence-electron chi connectivity index (χ0n) is 11.5.